The van der Waals surface area contributed by atoms with Gasteiger partial charge in [-0.25, -0.2) is 4.79 Å². The number of ether oxygens (including phenoxy) is 1. The Labute approximate surface area is 146 Å². The second-order valence-corrected chi connectivity index (χ2v) is 7.42. The molecule has 0 spiro atoms. The number of amides is 3. The molecule has 1 heterocycles. The van der Waals surface area contributed by atoms with Gasteiger partial charge in [0.2, 0.25) is 5.91 Å². The van der Waals surface area contributed by atoms with Gasteiger partial charge in [-0.15, -0.1) is 0 Å². The van der Waals surface area contributed by atoms with E-state index in [1.54, 1.807) is 25.7 Å². The molecule has 23 heavy (non-hydrogen) atoms. The first-order valence-corrected chi connectivity index (χ1v) is 8.29. The number of nitrogens with zero attached hydrogens (tertiary/aromatic N) is 1. The molecule has 0 atom stereocenters. The van der Waals surface area contributed by atoms with Crippen LogP contribution >= 0.6 is 23.2 Å². The van der Waals surface area contributed by atoms with Crippen LogP contribution in [0.1, 0.15) is 33.6 Å². The smallest absolute Gasteiger partial charge is 0.408 e. The fourth-order valence-electron chi connectivity index (χ4n) is 2.11. The first kappa shape index (κ1) is 19.8. The van der Waals surface area contributed by atoms with Crippen LogP contribution in [0.4, 0.5) is 4.79 Å². The zero-order valence-electron chi connectivity index (χ0n) is 13.5. The van der Waals surface area contributed by atoms with E-state index >= 15 is 0 Å². The lowest BCUT2D eigenvalue weighted by atomic mass is 10.1. The van der Waals surface area contributed by atoms with Gasteiger partial charge < -0.3 is 20.3 Å². The Balaban J connectivity index is 2.30. The van der Waals surface area contributed by atoms with Gasteiger partial charge in [0.15, 0.2) is 4.84 Å². The van der Waals surface area contributed by atoms with Crippen LogP contribution in [-0.2, 0) is 14.3 Å². The van der Waals surface area contributed by atoms with Crippen molar-refractivity contribution < 1.29 is 19.1 Å². The molecule has 0 bridgehead atoms. The number of piperidine rings is 1. The molecule has 0 aliphatic carbocycles. The van der Waals surface area contributed by atoms with Crippen LogP contribution in [0.25, 0.3) is 0 Å². The third kappa shape index (κ3) is 7.74. The number of nitrogens with one attached hydrogen (secondary N) is 2. The topological polar surface area (TPSA) is 87.7 Å². The minimum absolute atomic E-state index is 0.0506. The number of carbonyl (C=O) groups is 3. The number of hydrogen-bond donors (Lipinski definition) is 2. The Hall–Kier alpha value is -1.21. The molecule has 1 fully saturated rings. The van der Waals surface area contributed by atoms with Crippen LogP contribution in [0.5, 0.6) is 0 Å². The number of hydrogen-bond acceptors (Lipinski definition) is 4. The molecule has 0 unspecified atom stereocenters. The maximum atomic E-state index is 12.0. The van der Waals surface area contributed by atoms with E-state index in [0.29, 0.717) is 25.9 Å². The van der Waals surface area contributed by atoms with Crippen LogP contribution in [0.2, 0.25) is 0 Å². The second kappa shape index (κ2) is 8.59. The summed E-state index contributed by atoms with van der Waals surface area (Å²) in [5.41, 5.74) is -0.605. The molecular formula is C14H23Cl2N3O4. The summed E-state index contributed by atoms with van der Waals surface area (Å²) in [6.07, 6.45) is 0.609. The zero-order valence-corrected chi connectivity index (χ0v) is 15.0. The van der Waals surface area contributed by atoms with E-state index < -0.39 is 22.4 Å². The Kier molecular flexibility index (Phi) is 7.41. The predicted molar refractivity (Wildman–Crippen MR) is 87.5 cm³/mol. The Bertz CT molecular complexity index is 444. The minimum Gasteiger partial charge on any atom is -0.444 e. The van der Waals surface area contributed by atoms with Crippen molar-refractivity contribution in [3.63, 3.8) is 0 Å². The van der Waals surface area contributed by atoms with Crippen molar-refractivity contribution in [3.05, 3.63) is 0 Å². The maximum Gasteiger partial charge on any atom is 0.408 e. The highest BCUT2D eigenvalue weighted by molar-refractivity contribution is 6.53. The average molecular weight is 368 g/mol. The molecule has 1 rings (SSSR count). The van der Waals surface area contributed by atoms with Crippen LogP contribution in [-0.4, -0.2) is 58.9 Å². The van der Waals surface area contributed by atoms with E-state index in [0.717, 1.165) is 0 Å². The molecule has 0 aromatic rings. The molecule has 7 nitrogen and oxygen atoms in total. The molecule has 3 amide bonds. The van der Waals surface area contributed by atoms with Crippen molar-refractivity contribution in [1.29, 1.82) is 0 Å². The van der Waals surface area contributed by atoms with Crippen molar-refractivity contribution in [1.82, 2.24) is 15.5 Å². The first-order chi connectivity index (χ1) is 10.6. The molecular weight excluding hydrogens is 345 g/mol. The highest BCUT2D eigenvalue weighted by Crippen LogP contribution is 2.12. The van der Waals surface area contributed by atoms with Crippen molar-refractivity contribution in [3.8, 4) is 0 Å². The number of likely N-dealkylation sites (tertiary alicyclic amines) is 1. The molecule has 1 saturated heterocycles. The van der Waals surface area contributed by atoms with Crippen LogP contribution in [0.3, 0.4) is 0 Å². The van der Waals surface area contributed by atoms with Crippen LogP contribution < -0.4 is 10.6 Å². The molecule has 1 aliphatic heterocycles. The summed E-state index contributed by atoms with van der Waals surface area (Å²) < 4.78 is 5.07. The highest BCUT2D eigenvalue weighted by atomic mass is 35.5. The molecule has 0 aromatic carbocycles. The largest absolute Gasteiger partial charge is 0.444 e. The first-order valence-electron chi connectivity index (χ1n) is 7.41. The summed E-state index contributed by atoms with van der Waals surface area (Å²) in [6.45, 7) is 6.13. The molecule has 0 aromatic heterocycles. The van der Waals surface area contributed by atoms with Gasteiger partial charge in [0.25, 0.3) is 5.91 Å². The summed E-state index contributed by atoms with van der Waals surface area (Å²) >= 11 is 11.0. The van der Waals surface area contributed by atoms with Gasteiger partial charge in [0.1, 0.15) is 12.1 Å². The predicted octanol–water partition coefficient (Wildman–Crippen LogP) is 1.42. The normalized spacial score (nSPS) is 16.2. The standard InChI is InChI=1S/C14H23Cl2N3O4/c1-14(2,3)23-13(22)17-8-10(20)19-6-4-9(5-7-19)18-12(21)11(15)16/h9,11H,4-8H2,1-3H3,(H,17,22)(H,18,21). The van der Waals surface area contributed by atoms with Crippen molar-refractivity contribution in [2.24, 2.45) is 0 Å². The minimum atomic E-state index is -1.09. The van der Waals surface area contributed by atoms with E-state index in [2.05, 4.69) is 10.6 Å². The maximum absolute atomic E-state index is 12.0. The number of alkyl carbamates (subject to hydrolysis) is 1. The fraction of sp³-hybridized carbons (Fsp3) is 0.786. The van der Waals surface area contributed by atoms with E-state index in [4.69, 9.17) is 27.9 Å². The number of alkyl halides is 2. The number of halogens is 2. The van der Waals surface area contributed by atoms with Crippen molar-refractivity contribution in [2.45, 2.75) is 50.1 Å². The monoisotopic (exact) mass is 367 g/mol. The van der Waals surface area contributed by atoms with Gasteiger partial charge in [-0.2, -0.15) is 0 Å². The van der Waals surface area contributed by atoms with E-state index in [1.165, 1.54) is 0 Å². The average Bonchev–Trinajstić information content (AvgIpc) is 2.43. The van der Waals surface area contributed by atoms with Gasteiger partial charge in [-0.1, -0.05) is 23.2 Å². The fourth-order valence-corrected chi connectivity index (χ4v) is 2.24. The SMILES string of the molecule is CC(C)(C)OC(=O)NCC(=O)N1CCC(NC(=O)C(Cl)Cl)CC1. The van der Waals surface area contributed by atoms with Gasteiger partial charge in [-0.3, -0.25) is 9.59 Å². The van der Waals surface area contributed by atoms with Crippen LogP contribution in [0.15, 0.2) is 0 Å². The summed E-state index contributed by atoms with van der Waals surface area (Å²) in [7, 11) is 0. The third-order valence-corrected chi connectivity index (χ3v) is 3.57. The highest BCUT2D eigenvalue weighted by Gasteiger charge is 2.25. The van der Waals surface area contributed by atoms with Gasteiger partial charge in [-0.05, 0) is 33.6 Å². The van der Waals surface area contributed by atoms with E-state index in [1.807, 2.05) is 0 Å². The Morgan fingerprint density at radius 2 is 1.78 bits per heavy atom. The van der Waals surface area contributed by atoms with Gasteiger partial charge in [0.05, 0.1) is 0 Å². The lowest BCUT2D eigenvalue weighted by Crippen LogP contribution is -2.49. The zero-order chi connectivity index (χ0) is 17.6. The second-order valence-electron chi connectivity index (χ2n) is 6.32. The van der Waals surface area contributed by atoms with Gasteiger partial charge >= 0.3 is 6.09 Å². The lowest BCUT2D eigenvalue weighted by Gasteiger charge is -2.32. The number of rotatable bonds is 4. The van der Waals surface area contributed by atoms with Gasteiger partial charge in [0, 0.05) is 19.1 Å². The summed E-state index contributed by atoms with van der Waals surface area (Å²) in [6, 6.07) is -0.0506. The molecule has 132 valence electrons. The Morgan fingerprint density at radius 1 is 1.22 bits per heavy atom. The quantitative estimate of drug-likeness (QED) is 0.735. The summed E-state index contributed by atoms with van der Waals surface area (Å²) in [5, 5.41) is 5.16. The number of carbonyl (C=O) groups excluding carboxylic acids is 3. The van der Waals surface area contributed by atoms with E-state index in [-0.39, 0.29) is 18.5 Å². The summed E-state index contributed by atoms with van der Waals surface area (Å²) in [4.78, 5) is 35.5. The summed E-state index contributed by atoms with van der Waals surface area (Å²) in [5.74, 6) is -0.613. The van der Waals surface area contributed by atoms with Crippen molar-refractivity contribution >= 4 is 41.1 Å². The Morgan fingerprint density at radius 3 is 2.26 bits per heavy atom. The molecule has 1 aliphatic rings. The van der Waals surface area contributed by atoms with Crippen LogP contribution in [0, 0.1) is 0 Å². The van der Waals surface area contributed by atoms with E-state index in [9.17, 15) is 14.4 Å². The molecule has 0 radical (unpaired) electrons. The lowest BCUT2D eigenvalue weighted by molar-refractivity contribution is -0.131. The third-order valence-electron chi connectivity index (χ3n) is 3.18. The molecule has 0 saturated carbocycles. The molecule has 9 heteroatoms. The van der Waals surface area contributed by atoms with Crippen molar-refractivity contribution in [2.75, 3.05) is 19.6 Å². The molecule has 2 N–H and O–H groups in total.